The van der Waals surface area contributed by atoms with E-state index in [4.69, 9.17) is 11.5 Å². The molecule has 1 heterocycles. The van der Waals surface area contributed by atoms with Gasteiger partial charge >= 0.3 is 0 Å². The number of nitrogens with two attached hydrogens (primary N) is 2. The smallest absolute Gasteiger partial charge is 0.128 e. The molecule has 0 amide bonds. The summed E-state index contributed by atoms with van der Waals surface area (Å²) in [4.78, 5) is 4.10. The van der Waals surface area contributed by atoms with Crippen LogP contribution in [0.15, 0.2) is 41.0 Å². The van der Waals surface area contributed by atoms with Gasteiger partial charge in [0.2, 0.25) is 0 Å². The zero-order chi connectivity index (χ0) is 12.4. The normalized spacial score (nSPS) is 12.4. The van der Waals surface area contributed by atoms with Gasteiger partial charge in [-0.2, -0.15) is 0 Å². The van der Waals surface area contributed by atoms with E-state index in [9.17, 15) is 0 Å². The number of hydrogen-bond donors (Lipinski definition) is 2. The van der Waals surface area contributed by atoms with Gasteiger partial charge in [-0.05, 0) is 36.2 Å². The van der Waals surface area contributed by atoms with Gasteiger partial charge in [0.15, 0.2) is 0 Å². The van der Waals surface area contributed by atoms with Crippen LogP contribution in [-0.4, -0.2) is 4.98 Å². The van der Waals surface area contributed by atoms with Gasteiger partial charge in [-0.1, -0.05) is 28.1 Å². The van der Waals surface area contributed by atoms with E-state index in [0.29, 0.717) is 5.82 Å². The zero-order valence-electron chi connectivity index (χ0n) is 9.52. The second-order valence-electron chi connectivity index (χ2n) is 3.96. The molecule has 0 saturated carbocycles. The second-order valence-corrected chi connectivity index (χ2v) is 4.88. The Hall–Kier alpha value is -1.39. The summed E-state index contributed by atoms with van der Waals surface area (Å²) in [5.74, 6) is 0.498. The first-order chi connectivity index (χ1) is 8.09. The zero-order valence-corrected chi connectivity index (χ0v) is 11.1. The molecule has 0 aliphatic rings. The van der Waals surface area contributed by atoms with Crippen molar-refractivity contribution in [2.24, 2.45) is 5.73 Å². The third-order valence-corrected chi connectivity index (χ3v) is 3.25. The van der Waals surface area contributed by atoms with Crippen molar-refractivity contribution in [2.75, 3.05) is 5.73 Å². The van der Waals surface area contributed by atoms with Crippen LogP contribution in [0.4, 0.5) is 5.82 Å². The number of pyridine rings is 1. The number of anilines is 1. The van der Waals surface area contributed by atoms with Crippen LogP contribution >= 0.6 is 15.9 Å². The summed E-state index contributed by atoms with van der Waals surface area (Å²) in [6.07, 6.45) is 1.70. The fourth-order valence-corrected chi connectivity index (χ4v) is 2.28. The van der Waals surface area contributed by atoms with Gasteiger partial charge in [0.1, 0.15) is 5.82 Å². The molecular weight excluding hydrogens is 278 g/mol. The highest BCUT2D eigenvalue weighted by atomic mass is 79.9. The maximum absolute atomic E-state index is 6.25. The van der Waals surface area contributed by atoms with Crippen LogP contribution in [0.5, 0.6) is 0 Å². The van der Waals surface area contributed by atoms with Crippen molar-refractivity contribution in [1.29, 1.82) is 0 Å². The summed E-state index contributed by atoms with van der Waals surface area (Å²) in [7, 11) is 0. The molecule has 1 atom stereocenters. The van der Waals surface area contributed by atoms with Gasteiger partial charge in [-0.25, -0.2) is 4.98 Å². The van der Waals surface area contributed by atoms with Gasteiger partial charge in [0.25, 0.3) is 0 Å². The van der Waals surface area contributed by atoms with Crippen LogP contribution in [-0.2, 0) is 0 Å². The molecule has 17 heavy (non-hydrogen) atoms. The van der Waals surface area contributed by atoms with E-state index >= 15 is 0 Å². The molecule has 2 aromatic rings. The van der Waals surface area contributed by atoms with Crippen LogP contribution in [0.25, 0.3) is 0 Å². The third-order valence-electron chi connectivity index (χ3n) is 2.76. The van der Waals surface area contributed by atoms with Crippen LogP contribution in [0.2, 0.25) is 0 Å². The third kappa shape index (κ3) is 2.48. The van der Waals surface area contributed by atoms with Gasteiger partial charge in [-0.15, -0.1) is 0 Å². The summed E-state index contributed by atoms with van der Waals surface area (Å²) in [6, 6.07) is 9.58. The standard InChI is InChI=1S/C13H14BrN3/c1-8-5-6-17-13(16)11(8)12(15)9-3-2-4-10(14)7-9/h2-7,12H,15H2,1H3,(H2,16,17). The number of nitrogen functional groups attached to an aromatic ring is 1. The minimum atomic E-state index is -0.249. The highest BCUT2D eigenvalue weighted by molar-refractivity contribution is 9.10. The number of benzene rings is 1. The fourth-order valence-electron chi connectivity index (χ4n) is 1.86. The van der Waals surface area contributed by atoms with Gasteiger partial charge < -0.3 is 11.5 Å². The van der Waals surface area contributed by atoms with Crippen LogP contribution in [0.1, 0.15) is 22.7 Å². The first kappa shape index (κ1) is 12.1. The average Bonchev–Trinajstić information content (AvgIpc) is 2.28. The quantitative estimate of drug-likeness (QED) is 0.894. The molecule has 2 rings (SSSR count). The maximum atomic E-state index is 6.25. The molecule has 0 spiro atoms. The van der Waals surface area contributed by atoms with Crippen molar-refractivity contribution >= 4 is 21.7 Å². The molecule has 88 valence electrons. The number of rotatable bonds is 2. The predicted molar refractivity (Wildman–Crippen MR) is 73.6 cm³/mol. The van der Waals surface area contributed by atoms with Crippen molar-refractivity contribution in [3.8, 4) is 0 Å². The van der Waals surface area contributed by atoms with Crippen LogP contribution in [0.3, 0.4) is 0 Å². The second kappa shape index (κ2) is 4.85. The number of hydrogen-bond acceptors (Lipinski definition) is 3. The Bertz CT molecular complexity index is 520. The average molecular weight is 292 g/mol. The Morgan fingerprint density at radius 1 is 1.29 bits per heavy atom. The van der Waals surface area contributed by atoms with Crippen molar-refractivity contribution in [3.05, 3.63) is 57.7 Å². The largest absolute Gasteiger partial charge is 0.383 e. The molecule has 0 fully saturated rings. The highest BCUT2D eigenvalue weighted by Gasteiger charge is 2.15. The Kier molecular flexibility index (Phi) is 3.45. The van der Waals surface area contributed by atoms with Crippen molar-refractivity contribution in [2.45, 2.75) is 13.0 Å². The lowest BCUT2D eigenvalue weighted by Gasteiger charge is -2.16. The van der Waals surface area contributed by atoms with Crippen LogP contribution in [0, 0.1) is 6.92 Å². The fraction of sp³-hybridized carbons (Fsp3) is 0.154. The van der Waals surface area contributed by atoms with Crippen molar-refractivity contribution in [1.82, 2.24) is 4.98 Å². The molecule has 1 aromatic carbocycles. The first-order valence-corrected chi connectivity index (χ1v) is 6.11. The summed E-state index contributed by atoms with van der Waals surface area (Å²) in [5, 5.41) is 0. The molecule has 0 aliphatic carbocycles. The minimum absolute atomic E-state index is 0.249. The summed E-state index contributed by atoms with van der Waals surface area (Å²) in [5.41, 5.74) is 15.1. The predicted octanol–water partition coefficient (Wildman–Crippen LogP) is 2.78. The van der Waals surface area contributed by atoms with E-state index in [0.717, 1.165) is 21.2 Å². The molecule has 1 unspecified atom stereocenters. The van der Waals surface area contributed by atoms with Crippen LogP contribution < -0.4 is 11.5 Å². The summed E-state index contributed by atoms with van der Waals surface area (Å²) < 4.78 is 1.01. The lowest BCUT2D eigenvalue weighted by molar-refractivity contribution is 0.856. The van der Waals surface area contributed by atoms with Gasteiger partial charge in [0, 0.05) is 16.2 Å². The molecule has 4 heteroatoms. The van der Waals surface area contributed by atoms with Crippen molar-refractivity contribution in [3.63, 3.8) is 0 Å². The molecule has 0 radical (unpaired) electrons. The van der Waals surface area contributed by atoms with E-state index in [2.05, 4.69) is 20.9 Å². The summed E-state index contributed by atoms with van der Waals surface area (Å²) >= 11 is 3.44. The molecule has 4 N–H and O–H groups in total. The van der Waals surface area contributed by atoms with Gasteiger partial charge in [-0.3, -0.25) is 0 Å². The number of aryl methyl sites for hydroxylation is 1. The lowest BCUT2D eigenvalue weighted by Crippen LogP contribution is -2.16. The highest BCUT2D eigenvalue weighted by Crippen LogP contribution is 2.27. The monoisotopic (exact) mass is 291 g/mol. The Morgan fingerprint density at radius 3 is 2.71 bits per heavy atom. The number of nitrogens with zero attached hydrogens (tertiary/aromatic N) is 1. The van der Waals surface area contributed by atoms with E-state index in [1.165, 1.54) is 0 Å². The molecular formula is C13H14BrN3. The van der Waals surface area contributed by atoms with Crippen molar-refractivity contribution < 1.29 is 0 Å². The SMILES string of the molecule is Cc1ccnc(N)c1C(N)c1cccc(Br)c1. The Balaban J connectivity index is 2.47. The molecule has 0 aliphatic heterocycles. The number of aromatic nitrogens is 1. The summed E-state index contributed by atoms with van der Waals surface area (Å²) in [6.45, 7) is 1.99. The molecule has 0 bridgehead atoms. The molecule has 0 saturated heterocycles. The minimum Gasteiger partial charge on any atom is -0.383 e. The number of halogens is 1. The first-order valence-electron chi connectivity index (χ1n) is 5.31. The van der Waals surface area contributed by atoms with E-state index in [-0.39, 0.29) is 6.04 Å². The maximum Gasteiger partial charge on any atom is 0.128 e. The Labute approximate surface area is 109 Å². The van der Waals surface area contributed by atoms with E-state index in [1.54, 1.807) is 6.20 Å². The molecule has 3 nitrogen and oxygen atoms in total. The van der Waals surface area contributed by atoms with E-state index < -0.39 is 0 Å². The Morgan fingerprint density at radius 2 is 2.06 bits per heavy atom. The molecule has 1 aromatic heterocycles. The van der Waals surface area contributed by atoms with Gasteiger partial charge in [0.05, 0.1) is 6.04 Å². The topological polar surface area (TPSA) is 64.9 Å². The lowest BCUT2D eigenvalue weighted by atomic mass is 9.97. The van der Waals surface area contributed by atoms with E-state index in [1.807, 2.05) is 37.3 Å².